The molecule has 0 spiro atoms. The summed E-state index contributed by atoms with van der Waals surface area (Å²) in [4.78, 5) is 0. The van der Waals surface area contributed by atoms with Gasteiger partial charge < -0.3 is 0 Å². The highest BCUT2D eigenvalue weighted by molar-refractivity contribution is 5.12. The van der Waals surface area contributed by atoms with Crippen molar-refractivity contribution in [2.45, 2.75) is 19.8 Å². The molecule has 0 N–H and O–H groups in total. The van der Waals surface area contributed by atoms with E-state index in [4.69, 9.17) is 0 Å². The Morgan fingerprint density at radius 3 is 2.00 bits per heavy atom. The van der Waals surface area contributed by atoms with Crippen LogP contribution in [0.25, 0.3) is 0 Å². The Balaban J connectivity index is 3.53. The molecule has 1 radical (unpaired) electrons. The lowest BCUT2D eigenvalue weighted by atomic mass is 10.3. The molecule has 0 aliphatic carbocycles. The van der Waals surface area contributed by atoms with Crippen LogP contribution in [-0.2, 0) is 0 Å². The smallest absolute Gasteiger partial charge is 0.0163 e. The minimum atomic E-state index is 0.853. The Kier molecular flexibility index (Phi) is 10.6. The Morgan fingerprint density at radius 1 is 0.786 bits per heavy atom. The monoisotopic (exact) mass is 187 g/mol. The van der Waals surface area contributed by atoms with Gasteiger partial charge >= 0.3 is 0 Å². The van der Waals surface area contributed by atoms with Crippen LogP contribution in [0.5, 0.6) is 0 Å². The van der Waals surface area contributed by atoms with Crippen molar-refractivity contribution in [3.63, 3.8) is 0 Å². The normalized spacial score (nSPS) is 13.6. The second-order valence-electron chi connectivity index (χ2n) is 2.72. The first-order valence-corrected chi connectivity index (χ1v) is 4.97. The van der Waals surface area contributed by atoms with E-state index >= 15 is 0 Å². The molecule has 0 heteroatoms. The molecule has 0 heterocycles. The van der Waals surface area contributed by atoms with Crippen LogP contribution in [-0.4, -0.2) is 0 Å². The summed E-state index contributed by atoms with van der Waals surface area (Å²) in [6, 6.07) is 0. The van der Waals surface area contributed by atoms with Crippen LogP contribution >= 0.6 is 0 Å². The molecule has 0 nitrogen and oxygen atoms in total. The molecule has 0 bridgehead atoms. The third kappa shape index (κ3) is 10.7. The molecule has 0 saturated carbocycles. The Morgan fingerprint density at radius 2 is 1.36 bits per heavy atom. The van der Waals surface area contributed by atoms with Crippen molar-refractivity contribution in [2.24, 2.45) is 0 Å². The molecular weight excluding hydrogens is 168 g/mol. The lowest BCUT2D eigenvalue weighted by Gasteiger charge is -1.79. The van der Waals surface area contributed by atoms with Crippen LogP contribution in [0.1, 0.15) is 19.8 Å². The summed E-state index contributed by atoms with van der Waals surface area (Å²) in [6.45, 7) is 5.72. The molecule has 0 aromatic rings. The summed E-state index contributed by atoms with van der Waals surface area (Å²) in [5, 5.41) is 0. The van der Waals surface area contributed by atoms with Gasteiger partial charge in [0.15, 0.2) is 0 Å². The second-order valence-corrected chi connectivity index (χ2v) is 2.72. The molecule has 0 aromatic carbocycles. The highest BCUT2D eigenvalue weighted by atomic mass is 13.7. The van der Waals surface area contributed by atoms with Crippen molar-refractivity contribution < 1.29 is 0 Å². The number of rotatable bonds is 6. The zero-order valence-electron chi connectivity index (χ0n) is 8.89. The van der Waals surface area contributed by atoms with Crippen LogP contribution in [0, 0.1) is 6.92 Å². The molecule has 0 aliphatic rings. The second kappa shape index (κ2) is 11.7. The number of hydrogen-bond acceptors (Lipinski definition) is 0. The van der Waals surface area contributed by atoms with Gasteiger partial charge in [0.2, 0.25) is 0 Å². The van der Waals surface area contributed by atoms with E-state index in [9.17, 15) is 0 Å². The van der Waals surface area contributed by atoms with E-state index in [1.54, 1.807) is 0 Å². The number of hydrogen-bond donors (Lipinski definition) is 0. The topological polar surface area (TPSA) is 0 Å². The van der Waals surface area contributed by atoms with E-state index in [0.29, 0.717) is 0 Å². The summed E-state index contributed by atoms with van der Waals surface area (Å²) in [5.74, 6) is 0. The first-order valence-electron chi connectivity index (χ1n) is 4.97. The fourth-order valence-corrected chi connectivity index (χ4v) is 0.807. The fourth-order valence-electron chi connectivity index (χ4n) is 0.807. The summed E-state index contributed by atoms with van der Waals surface area (Å²) >= 11 is 0. The van der Waals surface area contributed by atoms with Crippen LogP contribution in [0.3, 0.4) is 0 Å². The van der Waals surface area contributed by atoms with Crippen molar-refractivity contribution in [2.75, 3.05) is 0 Å². The van der Waals surface area contributed by atoms with E-state index < -0.39 is 0 Å². The van der Waals surface area contributed by atoms with Gasteiger partial charge in [-0.25, -0.2) is 0 Å². The molecule has 0 aromatic heterocycles. The van der Waals surface area contributed by atoms with Crippen LogP contribution in [0.4, 0.5) is 0 Å². The summed E-state index contributed by atoms with van der Waals surface area (Å²) in [7, 11) is 0. The van der Waals surface area contributed by atoms with Gasteiger partial charge in [0, 0.05) is 0 Å². The van der Waals surface area contributed by atoms with Gasteiger partial charge in [-0.3, -0.25) is 0 Å². The van der Waals surface area contributed by atoms with Crippen molar-refractivity contribution >= 4 is 0 Å². The van der Waals surface area contributed by atoms with Crippen molar-refractivity contribution in [1.82, 2.24) is 0 Å². The van der Waals surface area contributed by atoms with E-state index in [1.165, 1.54) is 0 Å². The molecule has 0 amide bonds. The average Bonchev–Trinajstić information content (AvgIpc) is 2.21. The number of allylic oxidation sites excluding steroid dienone is 10. The van der Waals surface area contributed by atoms with Crippen LogP contribution < -0.4 is 0 Å². The van der Waals surface area contributed by atoms with Gasteiger partial charge in [-0.1, -0.05) is 60.8 Å². The summed E-state index contributed by atoms with van der Waals surface area (Å²) < 4.78 is 0. The van der Waals surface area contributed by atoms with Gasteiger partial charge in [0.05, 0.1) is 0 Å². The van der Waals surface area contributed by atoms with Crippen LogP contribution in [0.15, 0.2) is 60.8 Å². The lowest BCUT2D eigenvalue weighted by Crippen LogP contribution is -1.58. The largest absolute Gasteiger partial charge is 0.0877 e. The van der Waals surface area contributed by atoms with E-state index in [-0.39, 0.29) is 0 Å². The minimum Gasteiger partial charge on any atom is -0.0877 e. The van der Waals surface area contributed by atoms with Gasteiger partial charge in [0.1, 0.15) is 0 Å². The highest BCUT2D eigenvalue weighted by Crippen LogP contribution is 1.89. The molecule has 14 heavy (non-hydrogen) atoms. The third-order valence-electron chi connectivity index (χ3n) is 1.48. The van der Waals surface area contributed by atoms with Crippen molar-refractivity contribution in [1.29, 1.82) is 0 Å². The Bertz CT molecular complexity index is 237. The minimum absolute atomic E-state index is 0.853. The highest BCUT2D eigenvalue weighted by Gasteiger charge is 1.68. The molecule has 0 saturated heterocycles. The zero-order valence-corrected chi connectivity index (χ0v) is 8.89. The van der Waals surface area contributed by atoms with Gasteiger partial charge in [-0.05, 0) is 26.7 Å². The predicted octanol–water partition coefficient (Wildman–Crippen LogP) is 4.40. The summed E-state index contributed by atoms with van der Waals surface area (Å²) in [5.41, 5.74) is 0. The standard InChI is InChI=1S/C14H19/c1-3-5-7-9-11-13-14-12-10-8-6-4-2/h4-12,14H,1,3,13H2,2H3. The molecule has 0 unspecified atom stereocenters. The zero-order chi connectivity index (χ0) is 10.5. The lowest BCUT2D eigenvalue weighted by molar-refractivity contribution is 1.37. The Labute approximate surface area is 88.0 Å². The predicted molar refractivity (Wildman–Crippen MR) is 66.0 cm³/mol. The molecule has 0 fully saturated rings. The summed E-state index contributed by atoms with van der Waals surface area (Å²) in [6.07, 6.45) is 22.3. The van der Waals surface area contributed by atoms with Gasteiger partial charge in [0.25, 0.3) is 0 Å². The first kappa shape index (κ1) is 12.7. The quantitative estimate of drug-likeness (QED) is 0.541. The van der Waals surface area contributed by atoms with Gasteiger partial charge in [-0.15, -0.1) is 0 Å². The van der Waals surface area contributed by atoms with Gasteiger partial charge in [-0.2, -0.15) is 0 Å². The SMILES string of the molecule is [CH2]CC=CC=CCC=CC=CC=CC. The first-order chi connectivity index (χ1) is 6.91. The Hall–Kier alpha value is -1.30. The van der Waals surface area contributed by atoms with Crippen molar-refractivity contribution in [3.05, 3.63) is 67.7 Å². The molecule has 0 rings (SSSR count). The van der Waals surface area contributed by atoms with E-state index in [1.807, 2.05) is 49.5 Å². The molecule has 75 valence electrons. The molecule has 0 atom stereocenters. The van der Waals surface area contributed by atoms with Crippen molar-refractivity contribution in [3.8, 4) is 0 Å². The molecule has 0 aliphatic heterocycles. The van der Waals surface area contributed by atoms with E-state index in [0.717, 1.165) is 12.8 Å². The molecular formula is C14H19. The van der Waals surface area contributed by atoms with Crippen LogP contribution in [0.2, 0.25) is 0 Å². The van der Waals surface area contributed by atoms with E-state index in [2.05, 4.69) is 25.2 Å². The third-order valence-corrected chi connectivity index (χ3v) is 1.48. The fraction of sp³-hybridized carbons (Fsp3) is 0.214. The maximum atomic E-state index is 3.71. The average molecular weight is 187 g/mol. The maximum Gasteiger partial charge on any atom is -0.0163 e. The maximum absolute atomic E-state index is 3.71.